The Morgan fingerprint density at radius 1 is 0.765 bits per heavy atom. The topological polar surface area (TPSA) is 223 Å². The largest absolute Gasteiger partial charge is 0.295 e. The van der Waals surface area contributed by atoms with E-state index >= 15 is 0 Å². The van der Waals surface area contributed by atoms with Gasteiger partial charge in [0.1, 0.15) is 9.79 Å². The molecule has 15 heteroatoms. The van der Waals surface area contributed by atoms with E-state index in [0.717, 1.165) is 12.1 Å². The van der Waals surface area contributed by atoms with Gasteiger partial charge in [0.25, 0.3) is 20.2 Å². The second-order valence-corrected chi connectivity index (χ2v) is 9.72. The van der Waals surface area contributed by atoms with Crippen molar-refractivity contribution >= 4 is 49.5 Å². The molecule has 34 heavy (non-hydrogen) atoms. The number of rotatable bonds is 6. The molecule has 1 aliphatic carbocycles. The molecule has 0 heterocycles. The molecule has 0 spiro atoms. The number of carbonyl (C=O) groups excluding carboxylic acids is 1. The van der Waals surface area contributed by atoms with Crippen LogP contribution in [-0.4, -0.2) is 31.7 Å². The van der Waals surface area contributed by atoms with Gasteiger partial charge in [-0.05, 0) is 59.3 Å². The minimum Gasteiger partial charge on any atom is -0.289 e. The van der Waals surface area contributed by atoms with Gasteiger partial charge >= 0.3 is 0 Å². The van der Waals surface area contributed by atoms with Crippen molar-refractivity contribution in [2.75, 3.05) is 0 Å². The van der Waals surface area contributed by atoms with Gasteiger partial charge < -0.3 is 0 Å². The Kier molecular flexibility index (Phi) is 6.88. The molecule has 0 amide bonds. The van der Waals surface area contributed by atoms with Gasteiger partial charge in [0.2, 0.25) is 0 Å². The van der Waals surface area contributed by atoms with Crippen molar-refractivity contribution in [1.82, 2.24) is 0 Å². The number of hydrogen-bond donors (Lipinski definition) is 2. The fourth-order valence-corrected chi connectivity index (χ4v) is 4.70. The van der Waals surface area contributed by atoms with E-state index in [-0.39, 0.29) is 46.5 Å². The van der Waals surface area contributed by atoms with Crippen LogP contribution in [0.15, 0.2) is 67.6 Å². The number of hydrogen-bond acceptors (Lipinski definition) is 7. The van der Waals surface area contributed by atoms with Gasteiger partial charge in [-0.3, -0.25) is 13.9 Å². The smallest absolute Gasteiger partial charge is 0.289 e. The number of carbonyl (C=O) groups is 1. The molecule has 0 atom stereocenters. The third kappa shape index (κ3) is 5.50. The van der Waals surface area contributed by atoms with Gasteiger partial charge in [-0.15, -0.1) is 0 Å². The molecule has 2 N–H and O–H groups in total. The van der Waals surface area contributed by atoms with Gasteiger partial charge in [-0.25, -0.2) is 0 Å². The lowest BCUT2D eigenvalue weighted by Gasteiger charge is -2.06. The van der Waals surface area contributed by atoms with Crippen LogP contribution in [-0.2, 0) is 25.0 Å². The van der Waals surface area contributed by atoms with Crippen molar-refractivity contribution < 1.29 is 30.7 Å². The van der Waals surface area contributed by atoms with Gasteiger partial charge in [0, 0.05) is 32.3 Å². The van der Waals surface area contributed by atoms with Gasteiger partial charge in [0.15, 0.2) is 5.78 Å². The summed E-state index contributed by atoms with van der Waals surface area (Å²) < 4.78 is 66.1. The summed E-state index contributed by atoms with van der Waals surface area (Å²) in [5.41, 5.74) is 17.3. The lowest BCUT2D eigenvalue weighted by molar-refractivity contribution is -0.111. The summed E-state index contributed by atoms with van der Waals surface area (Å²) in [6.45, 7) is 0. The SMILES string of the molecule is [N-]=[N+]=Nc1ccc(C=C2CCC(=Cc3ccc(N=[N+]=[N-])cc3S(=O)(=O)O)C2=O)c(S(=O)(=O)O)c1. The van der Waals surface area contributed by atoms with E-state index in [1.807, 2.05) is 0 Å². The van der Waals surface area contributed by atoms with Crippen molar-refractivity contribution in [2.45, 2.75) is 22.6 Å². The number of ketones is 1. The summed E-state index contributed by atoms with van der Waals surface area (Å²) in [5, 5.41) is 6.57. The average molecular weight is 502 g/mol. The Labute approximate surface area is 192 Å². The zero-order chi connectivity index (χ0) is 25.1. The summed E-state index contributed by atoms with van der Waals surface area (Å²) in [5.74, 6) is -0.499. The molecule has 0 aromatic heterocycles. The first-order valence-electron chi connectivity index (χ1n) is 9.23. The van der Waals surface area contributed by atoms with Crippen LogP contribution in [0.5, 0.6) is 0 Å². The van der Waals surface area contributed by atoms with Crippen LogP contribution >= 0.6 is 0 Å². The van der Waals surface area contributed by atoms with E-state index in [2.05, 4.69) is 20.1 Å². The molecule has 174 valence electrons. The summed E-state index contributed by atoms with van der Waals surface area (Å²) in [6, 6.07) is 7.06. The first-order valence-corrected chi connectivity index (χ1v) is 12.1. The van der Waals surface area contributed by atoms with Gasteiger partial charge in [-0.1, -0.05) is 34.5 Å². The second-order valence-electron chi connectivity index (χ2n) is 6.94. The van der Waals surface area contributed by atoms with E-state index in [4.69, 9.17) is 11.1 Å². The number of benzene rings is 2. The highest BCUT2D eigenvalue weighted by Crippen LogP contribution is 2.33. The molecule has 3 rings (SSSR count). The monoisotopic (exact) mass is 502 g/mol. The van der Waals surface area contributed by atoms with E-state index < -0.39 is 35.8 Å². The molecule has 0 radical (unpaired) electrons. The van der Waals surface area contributed by atoms with Crippen molar-refractivity contribution in [2.24, 2.45) is 10.2 Å². The highest BCUT2D eigenvalue weighted by Gasteiger charge is 2.26. The third-order valence-corrected chi connectivity index (χ3v) is 6.60. The molecule has 0 unspecified atom stereocenters. The molecule has 0 bridgehead atoms. The van der Waals surface area contributed by atoms with Crippen molar-refractivity contribution in [1.29, 1.82) is 0 Å². The normalized spacial score (nSPS) is 16.4. The molecule has 1 aliphatic rings. The van der Waals surface area contributed by atoms with E-state index in [1.165, 1.54) is 36.4 Å². The summed E-state index contributed by atoms with van der Waals surface area (Å²) in [7, 11) is -9.42. The van der Waals surface area contributed by atoms with Crippen LogP contribution in [0.2, 0.25) is 0 Å². The number of Topliss-reactive ketones (excluding diaryl/α,β-unsaturated/α-hetero) is 1. The Morgan fingerprint density at radius 2 is 1.15 bits per heavy atom. The third-order valence-electron chi connectivity index (χ3n) is 4.78. The van der Waals surface area contributed by atoms with Crippen molar-refractivity contribution in [3.05, 3.63) is 79.6 Å². The second kappa shape index (κ2) is 9.49. The molecule has 13 nitrogen and oxygen atoms in total. The zero-order valence-electron chi connectivity index (χ0n) is 17.0. The number of azide groups is 2. The lowest BCUT2D eigenvalue weighted by atomic mass is 10.1. The van der Waals surface area contributed by atoms with E-state index in [9.17, 15) is 30.7 Å². The molecule has 2 aromatic rings. The first kappa shape index (κ1) is 24.7. The molecular formula is C19H14N6O7S2. The maximum Gasteiger partial charge on any atom is 0.295 e. The first-order chi connectivity index (χ1) is 15.9. The minimum absolute atomic E-state index is 0.0127. The predicted molar refractivity (Wildman–Crippen MR) is 120 cm³/mol. The maximum absolute atomic E-state index is 12.9. The van der Waals surface area contributed by atoms with E-state index in [0.29, 0.717) is 0 Å². The fraction of sp³-hybridized carbons (Fsp3) is 0.105. The zero-order valence-corrected chi connectivity index (χ0v) is 18.6. The Morgan fingerprint density at radius 3 is 1.47 bits per heavy atom. The number of allylic oxidation sites excluding steroid dienone is 2. The molecule has 1 saturated carbocycles. The van der Waals surface area contributed by atoms with Gasteiger partial charge in [-0.2, -0.15) is 16.8 Å². The standard InChI is InChI=1S/C19H14N6O7S2/c20-24-22-15-5-3-11(17(9-15)33(27,28)29)7-13-1-2-14(19(13)26)8-12-4-6-16(23-25-21)10-18(12)34(30,31)32/h3-10H,1-2H2,(H,27,28,29)(H,30,31,32). The molecule has 0 saturated heterocycles. The van der Waals surface area contributed by atoms with E-state index in [1.54, 1.807) is 0 Å². The lowest BCUT2D eigenvalue weighted by Crippen LogP contribution is -2.03. The Balaban J connectivity index is 2.05. The van der Waals surface area contributed by atoms with Gasteiger partial charge in [0.05, 0.1) is 0 Å². The molecule has 2 aromatic carbocycles. The van der Waals surface area contributed by atoms with Crippen LogP contribution in [0.1, 0.15) is 24.0 Å². The Bertz CT molecular complexity index is 1460. The van der Waals surface area contributed by atoms with Crippen molar-refractivity contribution in [3.63, 3.8) is 0 Å². The Hall–Kier alpha value is -3.97. The highest BCUT2D eigenvalue weighted by molar-refractivity contribution is 7.86. The van der Waals surface area contributed by atoms with Crippen LogP contribution < -0.4 is 0 Å². The quantitative estimate of drug-likeness (QED) is 0.182. The molecule has 0 aliphatic heterocycles. The molecule has 1 fully saturated rings. The predicted octanol–water partition coefficient (Wildman–Crippen LogP) is 4.89. The highest BCUT2D eigenvalue weighted by atomic mass is 32.2. The fourth-order valence-electron chi connectivity index (χ4n) is 3.31. The summed E-state index contributed by atoms with van der Waals surface area (Å²) in [4.78, 5) is 16.9. The molecular weight excluding hydrogens is 488 g/mol. The van der Waals surface area contributed by atoms with Crippen LogP contribution in [0, 0.1) is 0 Å². The van der Waals surface area contributed by atoms with Crippen LogP contribution in [0.4, 0.5) is 11.4 Å². The maximum atomic E-state index is 12.9. The summed E-state index contributed by atoms with van der Waals surface area (Å²) >= 11 is 0. The van der Waals surface area contributed by atoms with Crippen LogP contribution in [0.25, 0.3) is 33.0 Å². The average Bonchev–Trinajstić information content (AvgIpc) is 3.08. The number of nitrogens with zero attached hydrogens (tertiary/aromatic N) is 6. The van der Waals surface area contributed by atoms with Crippen LogP contribution in [0.3, 0.4) is 0 Å². The van der Waals surface area contributed by atoms with Crippen molar-refractivity contribution in [3.8, 4) is 0 Å². The summed E-state index contributed by atoms with van der Waals surface area (Å²) in [6.07, 6.45) is 2.90. The minimum atomic E-state index is -4.71.